The summed E-state index contributed by atoms with van der Waals surface area (Å²) < 4.78 is 23.2. The fourth-order valence-electron chi connectivity index (χ4n) is 5.57. The fraction of sp³-hybridized carbons (Fsp3) is 0.706. The number of ether oxygens (including phenoxy) is 4. The highest BCUT2D eigenvalue weighted by Gasteiger charge is 2.48. The summed E-state index contributed by atoms with van der Waals surface area (Å²) in [6.45, 7) is 16.3. The Kier molecular flexibility index (Phi) is 14.0. The van der Waals surface area contributed by atoms with Crippen LogP contribution in [0.4, 0.5) is 0 Å². The molecule has 2 rings (SSSR count). The minimum atomic E-state index is -1.32. The molecule has 0 aliphatic carbocycles. The third kappa shape index (κ3) is 11.3. The first-order chi connectivity index (χ1) is 20.5. The number of cyclic esters (lactones) is 1. The topological polar surface area (TPSA) is 144 Å². The molecule has 1 saturated heterocycles. The maximum absolute atomic E-state index is 12.7. The lowest BCUT2D eigenvalue weighted by Crippen LogP contribution is -2.40. The van der Waals surface area contributed by atoms with Gasteiger partial charge in [-0.15, -0.1) is 0 Å². The van der Waals surface area contributed by atoms with Crippen LogP contribution in [-0.4, -0.2) is 69.9 Å². The van der Waals surface area contributed by atoms with E-state index in [1.54, 1.807) is 44.2 Å². The lowest BCUT2D eigenvalue weighted by Gasteiger charge is -2.31. The largest absolute Gasteiger partial charge is 0.495 e. The van der Waals surface area contributed by atoms with Gasteiger partial charge in [-0.2, -0.15) is 4.91 Å². The number of rotatable bonds is 12. The molecule has 2 N–H and O–H groups in total. The second-order valence-corrected chi connectivity index (χ2v) is 12.8. The van der Waals surface area contributed by atoms with Crippen LogP contribution in [0.15, 0.2) is 53.0 Å². The van der Waals surface area contributed by atoms with Gasteiger partial charge in [-0.05, 0) is 71.6 Å². The van der Waals surface area contributed by atoms with Crippen LogP contribution in [-0.2, 0) is 28.5 Å². The summed E-state index contributed by atoms with van der Waals surface area (Å²) in [5, 5.41) is 24.8. The highest BCUT2D eigenvalue weighted by molar-refractivity contribution is 5.70. The third-order valence-electron chi connectivity index (χ3n) is 8.58. The first-order valence-corrected chi connectivity index (χ1v) is 15.7. The van der Waals surface area contributed by atoms with Gasteiger partial charge in [0.05, 0.1) is 36.1 Å². The molecule has 10 unspecified atom stereocenters. The molecule has 0 spiro atoms. The highest BCUT2D eigenvalue weighted by atomic mass is 16.6. The van der Waals surface area contributed by atoms with Crippen molar-refractivity contribution in [2.75, 3.05) is 0 Å². The second kappa shape index (κ2) is 16.5. The molecule has 0 aromatic rings. The molecule has 1 fully saturated rings. The molecule has 248 valence electrons. The normalized spacial score (nSPS) is 34.0. The van der Waals surface area contributed by atoms with E-state index in [2.05, 4.69) is 19.0 Å². The minimum absolute atomic E-state index is 0.00691. The van der Waals surface area contributed by atoms with Gasteiger partial charge in [0, 0.05) is 25.2 Å². The van der Waals surface area contributed by atoms with E-state index in [-0.39, 0.29) is 49.4 Å². The first-order valence-electron chi connectivity index (χ1n) is 15.7. The van der Waals surface area contributed by atoms with Crippen LogP contribution in [0, 0.1) is 16.7 Å². The summed E-state index contributed by atoms with van der Waals surface area (Å²) in [7, 11) is 0. The van der Waals surface area contributed by atoms with E-state index in [4.69, 9.17) is 18.9 Å². The van der Waals surface area contributed by atoms with Crippen molar-refractivity contribution in [3.05, 3.63) is 52.7 Å². The molecule has 2 heterocycles. The number of hydrogen-bond donors (Lipinski definition) is 2. The van der Waals surface area contributed by atoms with Crippen molar-refractivity contribution in [3.63, 3.8) is 0 Å². The van der Waals surface area contributed by atoms with Gasteiger partial charge in [0.15, 0.2) is 0 Å². The van der Waals surface area contributed by atoms with Gasteiger partial charge in [0.2, 0.25) is 0 Å². The van der Waals surface area contributed by atoms with Gasteiger partial charge in [0.25, 0.3) is 0 Å². The monoisotopic (exact) mass is 619 g/mol. The summed E-state index contributed by atoms with van der Waals surface area (Å²) in [6.07, 6.45) is 8.94. The van der Waals surface area contributed by atoms with Gasteiger partial charge in [0.1, 0.15) is 23.9 Å². The Morgan fingerprint density at radius 2 is 1.98 bits per heavy atom. The fourth-order valence-corrected chi connectivity index (χ4v) is 5.57. The van der Waals surface area contributed by atoms with Crippen molar-refractivity contribution >= 4 is 11.9 Å². The van der Waals surface area contributed by atoms with Gasteiger partial charge in [-0.25, -0.2) is 0 Å². The molecule has 0 radical (unpaired) electrons. The van der Waals surface area contributed by atoms with E-state index < -0.39 is 41.4 Å². The Morgan fingerprint density at radius 3 is 2.57 bits per heavy atom. The smallest absolute Gasteiger partial charge is 0.309 e. The molecule has 44 heavy (non-hydrogen) atoms. The van der Waals surface area contributed by atoms with Crippen LogP contribution >= 0.6 is 0 Å². The standard InChI is InChI=1S/C34H53NO9/c1-10-23(5)41-27(11-2)24(6)32-28(43-32)20-33(8,39)17-12-13-21(3)31-22(4)14-15-29(42-25(7)36)34(9,35-40)18-16-26(37)19-30(38)44-31/h10,12-15,17,22,24,26-29,31-32,37,39H,11,16,18-20H2,1-9H3/b15-14+,17-12+,21-13+,23-10?. The van der Waals surface area contributed by atoms with Gasteiger partial charge < -0.3 is 29.2 Å². The zero-order valence-corrected chi connectivity index (χ0v) is 27.8. The summed E-state index contributed by atoms with van der Waals surface area (Å²) in [4.78, 5) is 36.4. The van der Waals surface area contributed by atoms with Crippen LogP contribution in [0.25, 0.3) is 0 Å². The molecule has 0 bridgehead atoms. The van der Waals surface area contributed by atoms with E-state index in [1.165, 1.54) is 6.92 Å². The van der Waals surface area contributed by atoms with Crippen molar-refractivity contribution in [1.29, 1.82) is 0 Å². The van der Waals surface area contributed by atoms with Crippen molar-refractivity contribution in [2.45, 2.75) is 142 Å². The number of allylic oxidation sites excluding steroid dienone is 4. The predicted molar refractivity (Wildman–Crippen MR) is 168 cm³/mol. The maximum atomic E-state index is 12.7. The van der Waals surface area contributed by atoms with E-state index in [0.717, 1.165) is 12.2 Å². The van der Waals surface area contributed by atoms with E-state index in [0.29, 0.717) is 12.0 Å². The number of nitroso groups, excluding NO2 is 1. The van der Waals surface area contributed by atoms with Crippen molar-refractivity contribution < 1.29 is 38.7 Å². The second-order valence-electron chi connectivity index (χ2n) is 12.8. The number of carbonyl (C=O) groups is 2. The number of epoxide rings is 1. The van der Waals surface area contributed by atoms with Crippen molar-refractivity contribution in [3.8, 4) is 0 Å². The molecule has 10 heteroatoms. The summed E-state index contributed by atoms with van der Waals surface area (Å²) >= 11 is 0. The third-order valence-corrected chi connectivity index (χ3v) is 8.58. The van der Waals surface area contributed by atoms with Crippen molar-refractivity contribution in [2.24, 2.45) is 17.0 Å². The predicted octanol–water partition coefficient (Wildman–Crippen LogP) is 5.86. The average molecular weight is 620 g/mol. The zero-order valence-electron chi connectivity index (χ0n) is 27.8. The lowest BCUT2D eigenvalue weighted by atomic mass is 9.86. The molecule has 10 atom stereocenters. The molecule has 0 saturated carbocycles. The van der Waals surface area contributed by atoms with Gasteiger partial charge in [-0.3, -0.25) is 9.59 Å². The molecule has 0 amide bonds. The van der Waals surface area contributed by atoms with E-state index in [1.807, 2.05) is 33.8 Å². The molecular weight excluding hydrogens is 566 g/mol. The molecule has 0 aromatic heterocycles. The van der Waals surface area contributed by atoms with Crippen LogP contribution in [0.1, 0.15) is 94.4 Å². The van der Waals surface area contributed by atoms with Gasteiger partial charge >= 0.3 is 11.9 Å². The van der Waals surface area contributed by atoms with Gasteiger partial charge in [-0.1, -0.05) is 50.3 Å². The Labute approximate surface area is 262 Å². The molecule has 10 nitrogen and oxygen atoms in total. The van der Waals surface area contributed by atoms with Crippen LogP contribution < -0.4 is 0 Å². The summed E-state index contributed by atoms with van der Waals surface area (Å²) in [5.74, 6) is -0.463. The number of aliphatic hydroxyl groups excluding tert-OH is 1. The molecule has 2 aliphatic rings. The molecule has 2 aliphatic heterocycles. The maximum Gasteiger partial charge on any atom is 0.309 e. The Hall–Kier alpha value is -2.82. The average Bonchev–Trinajstić information content (AvgIpc) is 3.71. The summed E-state index contributed by atoms with van der Waals surface area (Å²) in [6, 6.07) is 0. The number of carbonyl (C=O) groups excluding carboxylic acids is 2. The SMILES string of the molecule is CC=C(C)OC(CC)C(C)C1OC1CC(C)(O)/C=C/C=C(\C)C1OC(=O)CC(O)CCC(C)(N=O)C(OC(C)=O)/C=C/C1C. The first kappa shape index (κ1) is 37.4. The van der Waals surface area contributed by atoms with Crippen LogP contribution in [0.2, 0.25) is 0 Å². The quantitative estimate of drug-likeness (QED) is 0.0685. The van der Waals surface area contributed by atoms with E-state index in [9.17, 15) is 24.7 Å². The van der Waals surface area contributed by atoms with Crippen LogP contribution in [0.5, 0.6) is 0 Å². The Bertz CT molecular complexity index is 1110. The Balaban J connectivity index is 2.18. The molecular formula is C34H53NO9. The van der Waals surface area contributed by atoms with Crippen molar-refractivity contribution in [1.82, 2.24) is 0 Å². The number of aliphatic hydroxyl groups is 2. The number of esters is 2. The summed E-state index contributed by atoms with van der Waals surface area (Å²) in [5.41, 5.74) is -1.76. The Morgan fingerprint density at radius 1 is 1.30 bits per heavy atom. The highest BCUT2D eigenvalue weighted by Crippen LogP contribution is 2.39. The minimum Gasteiger partial charge on any atom is -0.495 e. The molecule has 0 aromatic carbocycles. The zero-order chi connectivity index (χ0) is 33.2. The number of hydrogen-bond acceptors (Lipinski definition) is 10. The lowest BCUT2D eigenvalue weighted by molar-refractivity contribution is -0.151. The van der Waals surface area contributed by atoms with Crippen LogP contribution in [0.3, 0.4) is 0 Å². The van der Waals surface area contributed by atoms with E-state index >= 15 is 0 Å². The number of nitrogens with zero attached hydrogens (tertiary/aromatic N) is 1.